The lowest BCUT2D eigenvalue weighted by atomic mass is 10.1. The summed E-state index contributed by atoms with van der Waals surface area (Å²) in [7, 11) is 0. The Morgan fingerprint density at radius 3 is 2.72 bits per heavy atom. The summed E-state index contributed by atoms with van der Waals surface area (Å²) in [5.41, 5.74) is 3.82. The van der Waals surface area contributed by atoms with Crippen LogP contribution in [0.3, 0.4) is 0 Å². The number of aryl methyl sites for hydroxylation is 1. The largest absolute Gasteiger partial charge is 0.494 e. The highest BCUT2D eigenvalue weighted by atomic mass is 16.5. The predicted molar refractivity (Wildman–Crippen MR) is 124 cm³/mol. The Hall–Kier alpha value is -3.00. The number of aliphatic hydroxyl groups excluding tert-OH is 1. The number of nitrogens with zero attached hydrogens (tertiary/aromatic N) is 3. The lowest BCUT2D eigenvalue weighted by Crippen LogP contribution is -2.38. The van der Waals surface area contributed by atoms with E-state index in [1.54, 1.807) is 0 Å². The molecule has 7 nitrogen and oxygen atoms in total. The zero-order valence-electron chi connectivity index (χ0n) is 18.6. The van der Waals surface area contributed by atoms with Crippen LogP contribution in [0.15, 0.2) is 54.6 Å². The Balaban J connectivity index is 1.43. The molecule has 32 heavy (non-hydrogen) atoms. The van der Waals surface area contributed by atoms with Crippen LogP contribution in [0.25, 0.3) is 0 Å². The summed E-state index contributed by atoms with van der Waals surface area (Å²) in [4.78, 5) is 11.6. The first-order valence-corrected chi connectivity index (χ1v) is 11.0. The van der Waals surface area contributed by atoms with Crippen molar-refractivity contribution in [2.24, 2.45) is 0 Å². The number of hydrogen-bond donors (Lipinski definition) is 2. The van der Waals surface area contributed by atoms with Crippen molar-refractivity contribution in [3.8, 4) is 5.75 Å². The quantitative estimate of drug-likeness (QED) is 0.555. The molecule has 2 N–H and O–H groups in total. The zero-order valence-corrected chi connectivity index (χ0v) is 18.6. The monoisotopic (exact) mass is 434 g/mol. The van der Waals surface area contributed by atoms with Crippen LogP contribution in [0.1, 0.15) is 35.5 Å². The van der Waals surface area contributed by atoms with E-state index < -0.39 is 0 Å². The van der Waals surface area contributed by atoms with Gasteiger partial charge in [-0.2, -0.15) is 0 Å². The van der Waals surface area contributed by atoms with Crippen molar-refractivity contribution in [2.45, 2.75) is 33.1 Å². The fourth-order valence-corrected chi connectivity index (χ4v) is 3.88. The number of benzene rings is 1. The normalized spacial score (nSPS) is 16.7. The number of hydrogen-bond acceptors (Lipinski definition) is 7. The second kappa shape index (κ2) is 10.5. The topological polar surface area (TPSA) is 79.7 Å². The second-order valence-electron chi connectivity index (χ2n) is 7.86. The molecule has 2 aromatic heterocycles. The summed E-state index contributed by atoms with van der Waals surface area (Å²) in [5.74, 6) is 2.27. The molecule has 1 aliphatic heterocycles. The van der Waals surface area contributed by atoms with Crippen molar-refractivity contribution in [1.29, 1.82) is 0 Å². The maximum absolute atomic E-state index is 9.68. The molecule has 0 unspecified atom stereocenters. The zero-order chi connectivity index (χ0) is 22.3. The third kappa shape index (κ3) is 5.62. The van der Waals surface area contributed by atoms with Crippen LogP contribution in [0.4, 0.5) is 11.6 Å². The van der Waals surface area contributed by atoms with E-state index in [1.807, 2.05) is 62.4 Å². The van der Waals surface area contributed by atoms with Gasteiger partial charge >= 0.3 is 0 Å². The molecule has 1 aliphatic rings. The van der Waals surface area contributed by atoms with Gasteiger partial charge < -0.3 is 19.9 Å². The summed E-state index contributed by atoms with van der Waals surface area (Å²) < 4.78 is 11.6. The molecule has 4 rings (SSSR count). The average molecular weight is 435 g/mol. The lowest BCUT2D eigenvalue weighted by molar-refractivity contribution is -0.0349. The van der Waals surface area contributed by atoms with Crippen molar-refractivity contribution in [3.05, 3.63) is 77.1 Å². The Bertz CT molecular complexity index is 1040. The summed E-state index contributed by atoms with van der Waals surface area (Å²) in [6.07, 6.45) is -0.101. The predicted octanol–water partition coefficient (Wildman–Crippen LogP) is 3.99. The van der Waals surface area contributed by atoms with E-state index in [2.05, 4.69) is 21.3 Å². The highest BCUT2D eigenvalue weighted by molar-refractivity contribution is 5.51. The molecule has 3 aromatic rings. The van der Waals surface area contributed by atoms with Gasteiger partial charge in [0.2, 0.25) is 0 Å². The third-order valence-corrected chi connectivity index (χ3v) is 5.40. The van der Waals surface area contributed by atoms with Crippen LogP contribution >= 0.6 is 0 Å². The molecule has 1 aromatic carbocycles. The number of nitrogens with one attached hydrogen (secondary N) is 1. The van der Waals surface area contributed by atoms with E-state index in [0.717, 1.165) is 59.5 Å². The van der Waals surface area contributed by atoms with Crippen LogP contribution in [0, 0.1) is 6.92 Å². The standard InChI is InChI=1S/C25H30N4O3/c1-3-31-22-11-10-19(14-20(22)17-30)15-29-12-13-32-23(16-29)21-7-5-9-25(27-21)28-24-8-4-6-18(2)26-24/h4-11,14,23,30H,3,12-13,15-17H2,1-2H3,(H,26,27,28)/t23-/m0/s1. The molecule has 1 atom stereocenters. The van der Waals surface area contributed by atoms with Crippen molar-refractivity contribution in [3.63, 3.8) is 0 Å². The third-order valence-electron chi connectivity index (χ3n) is 5.40. The Morgan fingerprint density at radius 2 is 1.94 bits per heavy atom. The van der Waals surface area contributed by atoms with Gasteiger partial charge in [0.15, 0.2) is 0 Å². The maximum atomic E-state index is 9.68. The number of rotatable bonds is 8. The first kappa shape index (κ1) is 22.2. The Morgan fingerprint density at radius 1 is 1.12 bits per heavy atom. The molecule has 0 saturated carbocycles. The Labute approximate surface area is 189 Å². The van der Waals surface area contributed by atoms with E-state index >= 15 is 0 Å². The van der Waals surface area contributed by atoms with Gasteiger partial charge in [-0.05, 0) is 55.8 Å². The maximum Gasteiger partial charge on any atom is 0.131 e. The molecule has 0 spiro atoms. The van der Waals surface area contributed by atoms with E-state index in [4.69, 9.17) is 14.5 Å². The summed E-state index contributed by atoms with van der Waals surface area (Å²) in [6.45, 7) is 7.49. The smallest absolute Gasteiger partial charge is 0.131 e. The lowest BCUT2D eigenvalue weighted by Gasteiger charge is -2.33. The summed E-state index contributed by atoms with van der Waals surface area (Å²) in [6, 6.07) is 17.8. The van der Waals surface area contributed by atoms with E-state index in [9.17, 15) is 5.11 Å². The van der Waals surface area contributed by atoms with Gasteiger partial charge in [-0.3, -0.25) is 4.90 Å². The van der Waals surface area contributed by atoms with E-state index in [-0.39, 0.29) is 12.7 Å². The number of morpholine rings is 1. The van der Waals surface area contributed by atoms with Gasteiger partial charge in [-0.15, -0.1) is 0 Å². The van der Waals surface area contributed by atoms with Crippen molar-refractivity contribution in [1.82, 2.24) is 14.9 Å². The number of pyridine rings is 2. The minimum atomic E-state index is -0.101. The van der Waals surface area contributed by atoms with Crippen molar-refractivity contribution >= 4 is 11.6 Å². The van der Waals surface area contributed by atoms with E-state index in [1.165, 1.54) is 0 Å². The molecule has 1 saturated heterocycles. The molecular formula is C25H30N4O3. The van der Waals surface area contributed by atoms with Gasteiger partial charge in [-0.1, -0.05) is 18.2 Å². The number of anilines is 2. The van der Waals surface area contributed by atoms with E-state index in [0.29, 0.717) is 13.2 Å². The SMILES string of the molecule is CCOc1ccc(CN2CCO[C@H](c3cccc(Nc4cccc(C)n4)n3)C2)cc1CO. The fourth-order valence-electron chi connectivity index (χ4n) is 3.88. The fraction of sp³-hybridized carbons (Fsp3) is 0.360. The summed E-state index contributed by atoms with van der Waals surface area (Å²) in [5, 5.41) is 13.0. The minimum Gasteiger partial charge on any atom is -0.494 e. The molecule has 7 heteroatoms. The van der Waals surface area contributed by atoms with Gasteiger partial charge in [0.1, 0.15) is 23.5 Å². The molecule has 0 amide bonds. The van der Waals surface area contributed by atoms with Crippen LogP contribution in [0.2, 0.25) is 0 Å². The van der Waals surface area contributed by atoms with Crippen molar-refractivity contribution < 1.29 is 14.6 Å². The molecule has 1 fully saturated rings. The highest BCUT2D eigenvalue weighted by Gasteiger charge is 2.23. The van der Waals surface area contributed by atoms with Gasteiger partial charge in [0, 0.05) is 30.9 Å². The number of aliphatic hydroxyl groups is 1. The molecular weight excluding hydrogens is 404 g/mol. The summed E-state index contributed by atoms with van der Waals surface area (Å²) >= 11 is 0. The highest BCUT2D eigenvalue weighted by Crippen LogP contribution is 2.26. The minimum absolute atomic E-state index is 0.0333. The average Bonchev–Trinajstić information content (AvgIpc) is 2.80. The second-order valence-corrected chi connectivity index (χ2v) is 7.86. The molecule has 0 bridgehead atoms. The van der Waals surface area contributed by atoms with Crippen LogP contribution in [-0.4, -0.2) is 46.3 Å². The first-order chi connectivity index (χ1) is 15.6. The van der Waals surface area contributed by atoms with Crippen LogP contribution in [0.5, 0.6) is 5.75 Å². The molecule has 0 radical (unpaired) electrons. The van der Waals surface area contributed by atoms with Gasteiger partial charge in [-0.25, -0.2) is 9.97 Å². The Kier molecular flexibility index (Phi) is 7.32. The van der Waals surface area contributed by atoms with Crippen LogP contribution in [-0.2, 0) is 17.9 Å². The molecule has 3 heterocycles. The molecule has 0 aliphatic carbocycles. The molecule has 168 valence electrons. The number of aromatic nitrogens is 2. The van der Waals surface area contributed by atoms with Crippen LogP contribution < -0.4 is 10.1 Å². The van der Waals surface area contributed by atoms with Gasteiger partial charge in [0.05, 0.1) is 25.5 Å². The van der Waals surface area contributed by atoms with Gasteiger partial charge in [0.25, 0.3) is 0 Å². The van der Waals surface area contributed by atoms with Crippen molar-refractivity contribution in [2.75, 3.05) is 31.6 Å². The number of ether oxygens (including phenoxy) is 2. The first-order valence-electron chi connectivity index (χ1n) is 11.0.